The standard InChI is InChI=1S/C12H22O2/c1-2-3-4-5-6-8-11(13)12-9-7-10-14-12/h2,11-13H,1,3-10H2. The Bertz CT molecular complexity index is 150. The summed E-state index contributed by atoms with van der Waals surface area (Å²) in [6.07, 6.45) is 9.46. The van der Waals surface area contributed by atoms with Gasteiger partial charge in [0.15, 0.2) is 0 Å². The van der Waals surface area contributed by atoms with Crippen molar-refractivity contribution in [2.45, 2.75) is 57.2 Å². The fourth-order valence-corrected chi connectivity index (χ4v) is 1.91. The molecule has 0 radical (unpaired) electrons. The molecule has 0 saturated carbocycles. The normalized spacial score (nSPS) is 23.6. The van der Waals surface area contributed by atoms with Crippen LogP contribution in [0.25, 0.3) is 0 Å². The van der Waals surface area contributed by atoms with Crippen LogP contribution in [0, 0.1) is 0 Å². The van der Waals surface area contributed by atoms with Crippen LogP contribution >= 0.6 is 0 Å². The van der Waals surface area contributed by atoms with E-state index in [-0.39, 0.29) is 12.2 Å². The van der Waals surface area contributed by atoms with Crippen molar-refractivity contribution in [3.8, 4) is 0 Å². The molecule has 2 atom stereocenters. The van der Waals surface area contributed by atoms with Gasteiger partial charge in [0.25, 0.3) is 0 Å². The lowest BCUT2D eigenvalue weighted by Gasteiger charge is -2.16. The largest absolute Gasteiger partial charge is 0.390 e. The van der Waals surface area contributed by atoms with Gasteiger partial charge in [0, 0.05) is 6.61 Å². The molecular formula is C12H22O2. The first-order chi connectivity index (χ1) is 6.84. The van der Waals surface area contributed by atoms with E-state index in [0.717, 1.165) is 38.7 Å². The highest BCUT2D eigenvalue weighted by molar-refractivity contribution is 4.73. The number of aliphatic hydroxyl groups excluding tert-OH is 1. The first-order valence-corrected chi connectivity index (χ1v) is 5.75. The van der Waals surface area contributed by atoms with Crippen molar-refractivity contribution in [2.24, 2.45) is 0 Å². The molecule has 0 bridgehead atoms. The maximum atomic E-state index is 9.76. The molecule has 0 spiro atoms. The molecule has 14 heavy (non-hydrogen) atoms. The van der Waals surface area contributed by atoms with Crippen LogP contribution in [0.1, 0.15) is 44.9 Å². The summed E-state index contributed by atoms with van der Waals surface area (Å²) in [6, 6.07) is 0. The zero-order chi connectivity index (χ0) is 10.2. The Labute approximate surface area is 87.0 Å². The molecule has 82 valence electrons. The SMILES string of the molecule is C=CCCCCCC(O)C1CCCO1. The number of ether oxygens (including phenoxy) is 1. The van der Waals surface area contributed by atoms with Gasteiger partial charge in [-0.3, -0.25) is 0 Å². The maximum Gasteiger partial charge on any atom is 0.0834 e. The van der Waals surface area contributed by atoms with Crippen LogP contribution in [0.5, 0.6) is 0 Å². The van der Waals surface area contributed by atoms with Gasteiger partial charge in [-0.25, -0.2) is 0 Å². The van der Waals surface area contributed by atoms with E-state index in [4.69, 9.17) is 4.74 Å². The van der Waals surface area contributed by atoms with Crippen molar-refractivity contribution >= 4 is 0 Å². The van der Waals surface area contributed by atoms with Gasteiger partial charge in [0.1, 0.15) is 0 Å². The summed E-state index contributed by atoms with van der Waals surface area (Å²) < 4.78 is 5.43. The van der Waals surface area contributed by atoms with Crippen molar-refractivity contribution in [2.75, 3.05) is 6.61 Å². The van der Waals surface area contributed by atoms with Crippen molar-refractivity contribution in [3.05, 3.63) is 12.7 Å². The molecule has 1 heterocycles. The van der Waals surface area contributed by atoms with Gasteiger partial charge < -0.3 is 9.84 Å². The number of unbranched alkanes of at least 4 members (excludes halogenated alkanes) is 3. The first kappa shape index (κ1) is 11.7. The van der Waals surface area contributed by atoms with E-state index in [9.17, 15) is 5.11 Å². The minimum atomic E-state index is -0.235. The van der Waals surface area contributed by atoms with E-state index < -0.39 is 0 Å². The second-order valence-electron chi connectivity index (χ2n) is 4.05. The smallest absolute Gasteiger partial charge is 0.0834 e. The van der Waals surface area contributed by atoms with Gasteiger partial charge >= 0.3 is 0 Å². The zero-order valence-electron chi connectivity index (χ0n) is 8.95. The quantitative estimate of drug-likeness (QED) is 0.503. The van der Waals surface area contributed by atoms with Gasteiger partial charge in [0.2, 0.25) is 0 Å². The summed E-state index contributed by atoms with van der Waals surface area (Å²) in [7, 11) is 0. The zero-order valence-corrected chi connectivity index (χ0v) is 8.95. The third-order valence-corrected chi connectivity index (χ3v) is 2.80. The van der Waals surface area contributed by atoms with Crippen LogP contribution in [0.15, 0.2) is 12.7 Å². The van der Waals surface area contributed by atoms with Crippen molar-refractivity contribution in [1.82, 2.24) is 0 Å². The third-order valence-electron chi connectivity index (χ3n) is 2.80. The second-order valence-corrected chi connectivity index (χ2v) is 4.05. The fraction of sp³-hybridized carbons (Fsp3) is 0.833. The van der Waals surface area contributed by atoms with Gasteiger partial charge in [-0.2, -0.15) is 0 Å². The molecular weight excluding hydrogens is 176 g/mol. The Hall–Kier alpha value is -0.340. The van der Waals surface area contributed by atoms with Crippen LogP contribution in [0.3, 0.4) is 0 Å². The first-order valence-electron chi connectivity index (χ1n) is 5.75. The van der Waals surface area contributed by atoms with Crippen LogP contribution in [0.2, 0.25) is 0 Å². The summed E-state index contributed by atoms with van der Waals surface area (Å²) in [4.78, 5) is 0. The molecule has 0 aliphatic carbocycles. The second kappa shape index (κ2) is 7.02. The highest BCUT2D eigenvalue weighted by atomic mass is 16.5. The van der Waals surface area contributed by atoms with E-state index in [1.165, 1.54) is 12.8 Å². The molecule has 0 aromatic rings. The van der Waals surface area contributed by atoms with Gasteiger partial charge in [-0.15, -0.1) is 6.58 Å². The minimum absolute atomic E-state index is 0.120. The van der Waals surface area contributed by atoms with Crippen molar-refractivity contribution in [3.63, 3.8) is 0 Å². The summed E-state index contributed by atoms with van der Waals surface area (Å²) in [6.45, 7) is 4.52. The van der Waals surface area contributed by atoms with Crippen LogP contribution in [0.4, 0.5) is 0 Å². The lowest BCUT2D eigenvalue weighted by Crippen LogP contribution is -2.24. The lowest BCUT2D eigenvalue weighted by atomic mass is 10.0. The molecule has 0 amide bonds. The minimum Gasteiger partial charge on any atom is -0.390 e. The third kappa shape index (κ3) is 4.25. The highest BCUT2D eigenvalue weighted by Crippen LogP contribution is 2.19. The Balaban J connectivity index is 1.96. The van der Waals surface area contributed by atoms with E-state index in [1.807, 2.05) is 6.08 Å². The summed E-state index contributed by atoms with van der Waals surface area (Å²) in [5.74, 6) is 0. The predicted molar refractivity (Wildman–Crippen MR) is 58.3 cm³/mol. The average molecular weight is 198 g/mol. The monoisotopic (exact) mass is 198 g/mol. The molecule has 0 aromatic carbocycles. The summed E-state index contributed by atoms with van der Waals surface area (Å²) >= 11 is 0. The molecule has 1 aliphatic rings. The Morgan fingerprint density at radius 1 is 1.43 bits per heavy atom. The van der Waals surface area contributed by atoms with E-state index >= 15 is 0 Å². The number of hydrogen-bond acceptors (Lipinski definition) is 2. The molecule has 1 rings (SSSR count). The highest BCUT2D eigenvalue weighted by Gasteiger charge is 2.23. The molecule has 1 fully saturated rings. The Morgan fingerprint density at radius 2 is 2.29 bits per heavy atom. The van der Waals surface area contributed by atoms with Gasteiger partial charge in [-0.1, -0.05) is 18.9 Å². The molecule has 1 saturated heterocycles. The van der Waals surface area contributed by atoms with Crippen LogP contribution in [-0.2, 0) is 4.74 Å². The Morgan fingerprint density at radius 3 is 2.93 bits per heavy atom. The maximum absolute atomic E-state index is 9.76. The van der Waals surface area contributed by atoms with Crippen molar-refractivity contribution < 1.29 is 9.84 Å². The topological polar surface area (TPSA) is 29.5 Å². The van der Waals surface area contributed by atoms with Crippen molar-refractivity contribution in [1.29, 1.82) is 0 Å². The lowest BCUT2D eigenvalue weighted by molar-refractivity contribution is -0.00634. The van der Waals surface area contributed by atoms with Crippen LogP contribution < -0.4 is 0 Å². The summed E-state index contributed by atoms with van der Waals surface area (Å²) in [5.41, 5.74) is 0. The van der Waals surface area contributed by atoms with E-state index in [1.54, 1.807) is 0 Å². The Kier molecular flexibility index (Phi) is 5.88. The fourth-order valence-electron chi connectivity index (χ4n) is 1.91. The van der Waals surface area contributed by atoms with E-state index in [2.05, 4.69) is 6.58 Å². The molecule has 1 N–H and O–H groups in total. The predicted octanol–water partition coefficient (Wildman–Crippen LogP) is 2.66. The number of hydrogen-bond donors (Lipinski definition) is 1. The van der Waals surface area contributed by atoms with E-state index in [0.29, 0.717) is 0 Å². The molecule has 2 unspecified atom stereocenters. The number of aliphatic hydroxyl groups is 1. The summed E-state index contributed by atoms with van der Waals surface area (Å²) in [5, 5.41) is 9.76. The molecule has 2 nitrogen and oxygen atoms in total. The molecule has 1 aliphatic heterocycles. The number of allylic oxidation sites excluding steroid dienone is 1. The van der Waals surface area contributed by atoms with Crippen LogP contribution in [-0.4, -0.2) is 23.9 Å². The average Bonchev–Trinajstić information content (AvgIpc) is 2.70. The van der Waals surface area contributed by atoms with Gasteiger partial charge in [0.05, 0.1) is 12.2 Å². The number of rotatable bonds is 7. The molecule has 2 heteroatoms. The van der Waals surface area contributed by atoms with Gasteiger partial charge in [-0.05, 0) is 32.1 Å². The molecule has 0 aromatic heterocycles.